The van der Waals surface area contributed by atoms with Crippen LogP contribution in [0.3, 0.4) is 0 Å². The predicted octanol–water partition coefficient (Wildman–Crippen LogP) is 4.95. The Labute approximate surface area is 219 Å². The van der Waals surface area contributed by atoms with E-state index in [0.717, 1.165) is 24.8 Å². The smallest absolute Gasteiger partial charge is 0.398 e. The molecule has 1 rings (SSSR count). The summed E-state index contributed by atoms with van der Waals surface area (Å²) in [6.07, 6.45) is 13.1. The maximum atomic E-state index is 12.6. The van der Waals surface area contributed by atoms with Gasteiger partial charge in [0, 0.05) is 23.1 Å². The molecule has 0 saturated heterocycles. The number of unbranched alkanes of at least 4 members (excludes halogenated alkanes) is 9. The van der Waals surface area contributed by atoms with Crippen molar-refractivity contribution in [3.8, 4) is 0 Å². The molecular formula is C29H46ClNO4. The lowest BCUT2D eigenvalue weighted by molar-refractivity contribution is -1.24. The number of rotatable bonds is 18. The highest BCUT2D eigenvalue weighted by atomic mass is 35.5. The first-order chi connectivity index (χ1) is 16.3. The first-order valence-electron chi connectivity index (χ1n) is 13.0. The Morgan fingerprint density at radius 2 is 1.20 bits per heavy atom. The zero-order chi connectivity index (χ0) is 25.4. The van der Waals surface area contributed by atoms with Crippen molar-refractivity contribution < 1.29 is 36.5 Å². The van der Waals surface area contributed by atoms with Crippen molar-refractivity contribution in [1.29, 1.82) is 0 Å². The van der Waals surface area contributed by atoms with Gasteiger partial charge in [-0.2, -0.15) is 0 Å². The minimum Gasteiger partial charge on any atom is -1.00 e. The molecule has 1 aromatic rings. The maximum absolute atomic E-state index is 12.6. The van der Waals surface area contributed by atoms with Gasteiger partial charge in [-0.25, -0.2) is 19.3 Å². The van der Waals surface area contributed by atoms with Crippen molar-refractivity contribution >= 4 is 11.9 Å². The van der Waals surface area contributed by atoms with Crippen molar-refractivity contribution in [2.24, 2.45) is 0 Å². The quantitative estimate of drug-likeness (QED) is 0.122. The molecule has 0 amide bonds. The van der Waals surface area contributed by atoms with Crippen LogP contribution in [0.25, 0.3) is 0 Å². The van der Waals surface area contributed by atoms with Crippen LogP contribution in [0.15, 0.2) is 54.6 Å². The summed E-state index contributed by atoms with van der Waals surface area (Å²) in [7, 11) is 0. The molecule has 0 heterocycles. The number of carbonyl (C=O) groups is 2. The summed E-state index contributed by atoms with van der Waals surface area (Å²) in [6, 6.07) is 9.49. The maximum Gasteiger partial charge on any atom is 0.398 e. The summed E-state index contributed by atoms with van der Waals surface area (Å²) >= 11 is 0. The molecule has 198 valence electrons. The molecule has 0 aromatic heterocycles. The average Bonchev–Trinajstić information content (AvgIpc) is 2.82. The molecule has 0 saturated carbocycles. The fourth-order valence-corrected chi connectivity index (χ4v) is 4.02. The second kappa shape index (κ2) is 18.2. The van der Waals surface area contributed by atoms with Crippen molar-refractivity contribution in [2.45, 2.75) is 104 Å². The molecule has 0 N–H and O–H groups in total. The predicted molar refractivity (Wildman–Crippen MR) is 138 cm³/mol. The van der Waals surface area contributed by atoms with Gasteiger partial charge in [-0.3, -0.25) is 0 Å². The van der Waals surface area contributed by atoms with E-state index in [-0.39, 0.29) is 36.1 Å². The number of halogens is 1. The lowest BCUT2D eigenvalue weighted by Crippen LogP contribution is -3.00. The largest absolute Gasteiger partial charge is 1.00 e. The number of nitrogens with zero attached hydrogens (tertiary/aromatic N) is 1. The first kappa shape index (κ1) is 32.9. The number of quaternary nitrogens is 1. The number of carbonyl (C=O) groups excluding carboxylic acids is 2. The van der Waals surface area contributed by atoms with E-state index in [1.807, 2.05) is 37.3 Å². The Kier molecular flexibility index (Phi) is 17.1. The number of benzene rings is 1. The third-order valence-corrected chi connectivity index (χ3v) is 6.10. The van der Waals surface area contributed by atoms with Gasteiger partial charge in [0.1, 0.15) is 0 Å². The van der Waals surface area contributed by atoms with Crippen LogP contribution in [0.4, 0.5) is 0 Å². The van der Waals surface area contributed by atoms with Gasteiger partial charge in [-0.15, -0.1) is 0 Å². The summed E-state index contributed by atoms with van der Waals surface area (Å²) in [5.41, 5.74) is 1.48. The molecule has 0 bridgehead atoms. The van der Waals surface area contributed by atoms with Crippen LogP contribution in [0.1, 0.15) is 110 Å². The molecule has 0 aliphatic carbocycles. The summed E-state index contributed by atoms with van der Waals surface area (Å²) < 4.78 is 0. The van der Waals surface area contributed by atoms with E-state index in [9.17, 15) is 9.59 Å². The van der Waals surface area contributed by atoms with E-state index >= 15 is 0 Å². The minimum atomic E-state index is -0.583. The Hall–Kier alpha value is -2.11. The highest BCUT2D eigenvalue weighted by Crippen LogP contribution is 2.36. The molecule has 1 atom stereocenters. The normalized spacial score (nSPS) is 11.8. The summed E-state index contributed by atoms with van der Waals surface area (Å²) in [4.78, 5) is 36.3. The molecule has 1 aromatic carbocycles. The van der Waals surface area contributed by atoms with Gasteiger partial charge in [-0.05, 0) is 27.2 Å². The van der Waals surface area contributed by atoms with E-state index in [4.69, 9.17) is 9.68 Å². The molecule has 0 spiro atoms. The van der Waals surface area contributed by atoms with Gasteiger partial charge in [0.05, 0.1) is 4.81 Å². The van der Waals surface area contributed by atoms with Crippen LogP contribution in [0.5, 0.6) is 0 Å². The molecule has 0 aliphatic rings. The molecule has 0 aliphatic heterocycles. The van der Waals surface area contributed by atoms with E-state index in [2.05, 4.69) is 20.1 Å². The van der Waals surface area contributed by atoms with E-state index < -0.39 is 16.7 Å². The molecule has 35 heavy (non-hydrogen) atoms. The highest BCUT2D eigenvalue weighted by Gasteiger charge is 2.47. The second-order valence-electron chi connectivity index (χ2n) is 9.26. The van der Waals surface area contributed by atoms with Crippen molar-refractivity contribution in [2.75, 3.05) is 6.54 Å². The number of hydrogen-bond donors (Lipinski definition) is 0. The summed E-state index contributed by atoms with van der Waals surface area (Å²) in [6.45, 7) is 15.0. The third kappa shape index (κ3) is 11.9. The van der Waals surface area contributed by atoms with Gasteiger partial charge in [0.2, 0.25) is 0 Å². The lowest BCUT2D eigenvalue weighted by Gasteiger charge is -2.36. The SMILES string of the molecule is C=C(C)C(=O)O[N+](CC)(OC(=O)C(=C)C)C(CCCCCCCCCCCC)c1ccccc1.[Cl-]. The van der Waals surface area contributed by atoms with Gasteiger partial charge in [0.15, 0.2) is 12.6 Å². The fourth-order valence-electron chi connectivity index (χ4n) is 4.02. The molecule has 1 unspecified atom stereocenters. The van der Waals surface area contributed by atoms with Crippen molar-refractivity contribution in [3.05, 3.63) is 60.2 Å². The average molecular weight is 508 g/mol. The minimum absolute atomic E-state index is 0. The highest BCUT2D eigenvalue weighted by molar-refractivity contribution is 5.87. The zero-order valence-corrected chi connectivity index (χ0v) is 23.1. The Bertz CT molecular complexity index is 750. The van der Waals surface area contributed by atoms with E-state index in [0.29, 0.717) is 0 Å². The monoisotopic (exact) mass is 507 g/mol. The van der Waals surface area contributed by atoms with Gasteiger partial charge in [-0.1, -0.05) is 108 Å². The zero-order valence-electron chi connectivity index (χ0n) is 22.3. The fraction of sp³-hybridized carbons (Fsp3) is 0.586. The molecular weight excluding hydrogens is 462 g/mol. The standard InChI is InChI=1S/C29H46NO4.ClH/c1-7-9-10-11-12-13-14-15-16-20-23-27(26-21-18-17-19-22-26)30(8-2,33-28(31)24(3)4)34-29(32)25(5)6;/h17-19,21-22,27H,3,5,7-16,20,23H2,1-2,4,6H3;1H/q+1;/p-1. The van der Waals surface area contributed by atoms with E-state index in [1.54, 1.807) is 13.8 Å². The van der Waals surface area contributed by atoms with Crippen LogP contribution >= 0.6 is 0 Å². The number of hydrogen-bond acceptors (Lipinski definition) is 4. The van der Waals surface area contributed by atoms with Crippen LogP contribution in [-0.4, -0.2) is 23.3 Å². The Morgan fingerprint density at radius 1 is 0.771 bits per heavy atom. The third-order valence-electron chi connectivity index (χ3n) is 6.10. The van der Waals surface area contributed by atoms with Crippen LogP contribution in [0, 0.1) is 0 Å². The number of hydroxylamine groups is 4. The molecule has 0 fully saturated rings. The second-order valence-corrected chi connectivity index (χ2v) is 9.26. The molecule has 0 radical (unpaired) electrons. The Balaban J connectivity index is 0.0000116. The van der Waals surface area contributed by atoms with Crippen LogP contribution < -0.4 is 12.4 Å². The topological polar surface area (TPSA) is 52.6 Å². The van der Waals surface area contributed by atoms with E-state index in [1.165, 1.54) is 51.4 Å². The van der Waals surface area contributed by atoms with Crippen LogP contribution in [-0.2, 0) is 19.3 Å². The summed E-state index contributed by atoms with van der Waals surface area (Å²) in [5, 5.41) is 0. The van der Waals surface area contributed by atoms with Crippen molar-refractivity contribution in [3.63, 3.8) is 0 Å². The first-order valence-corrected chi connectivity index (χ1v) is 13.0. The summed E-state index contributed by atoms with van der Waals surface area (Å²) in [5.74, 6) is -1.17. The van der Waals surface area contributed by atoms with Gasteiger partial charge < -0.3 is 12.4 Å². The van der Waals surface area contributed by atoms with Gasteiger partial charge in [0.25, 0.3) is 0 Å². The lowest BCUT2D eigenvalue weighted by atomic mass is 9.98. The molecule has 5 nitrogen and oxygen atoms in total. The van der Waals surface area contributed by atoms with Crippen molar-refractivity contribution in [1.82, 2.24) is 0 Å². The van der Waals surface area contributed by atoms with Crippen LogP contribution in [0.2, 0.25) is 0 Å². The Morgan fingerprint density at radius 3 is 1.60 bits per heavy atom. The molecule has 6 heteroatoms. The van der Waals surface area contributed by atoms with Gasteiger partial charge >= 0.3 is 11.9 Å².